The second kappa shape index (κ2) is 6.53. The third-order valence-corrected chi connectivity index (χ3v) is 5.10. The summed E-state index contributed by atoms with van der Waals surface area (Å²) in [6.07, 6.45) is 0.579. The highest BCUT2D eigenvalue weighted by Crippen LogP contribution is 2.25. The lowest BCUT2D eigenvalue weighted by molar-refractivity contribution is 0.0655. The number of imidazole rings is 1. The predicted molar refractivity (Wildman–Crippen MR) is 93.2 cm³/mol. The maximum atomic E-state index is 13.2. The number of nitrogens with zero attached hydrogens (tertiary/aromatic N) is 2. The molecule has 132 valence electrons. The number of benzene rings is 2. The third-order valence-electron chi connectivity index (χ3n) is 4.15. The lowest BCUT2D eigenvalue weighted by Gasteiger charge is -2.12. The zero-order valence-corrected chi connectivity index (χ0v) is 14.3. The molecule has 1 aromatic heterocycles. The minimum atomic E-state index is -0.939. The molecule has 0 radical (unpaired) electrons. The van der Waals surface area contributed by atoms with E-state index in [1.807, 2.05) is 0 Å². The number of rotatable bonds is 5. The summed E-state index contributed by atoms with van der Waals surface area (Å²) in [6, 6.07) is 8.88. The fraction of sp³-hybridized carbons (Fsp3) is 0.167. The highest BCUT2D eigenvalue weighted by molar-refractivity contribution is 7.99. The maximum Gasteiger partial charge on any atom is 0.261 e. The number of amides is 2. The molecule has 1 N–H and O–H groups in total. The number of hydrogen-bond donors (Lipinski definition) is 1. The van der Waals surface area contributed by atoms with Crippen LogP contribution in [0.4, 0.5) is 8.78 Å². The second-order valence-corrected chi connectivity index (χ2v) is 6.92. The first-order valence-corrected chi connectivity index (χ1v) is 8.96. The number of nitrogens with one attached hydrogen (secondary N) is 1. The average Bonchev–Trinajstić information content (AvgIpc) is 3.12. The van der Waals surface area contributed by atoms with Crippen molar-refractivity contribution in [2.24, 2.45) is 0 Å². The summed E-state index contributed by atoms with van der Waals surface area (Å²) in [7, 11) is 0. The van der Waals surface area contributed by atoms with Crippen LogP contribution in [0.5, 0.6) is 0 Å². The molecule has 2 amide bonds. The van der Waals surface area contributed by atoms with Crippen LogP contribution in [0.15, 0.2) is 41.6 Å². The van der Waals surface area contributed by atoms with Crippen LogP contribution in [-0.2, 0) is 0 Å². The summed E-state index contributed by atoms with van der Waals surface area (Å²) in [6.45, 7) is 0.308. The Morgan fingerprint density at radius 3 is 2.38 bits per heavy atom. The maximum absolute atomic E-state index is 13.2. The van der Waals surface area contributed by atoms with Gasteiger partial charge in [-0.05, 0) is 18.6 Å². The minimum Gasteiger partial charge on any atom is -0.333 e. The van der Waals surface area contributed by atoms with Crippen molar-refractivity contribution in [3.63, 3.8) is 0 Å². The van der Waals surface area contributed by atoms with Gasteiger partial charge in [0.25, 0.3) is 11.8 Å². The lowest BCUT2D eigenvalue weighted by atomic mass is 10.1. The summed E-state index contributed by atoms with van der Waals surface area (Å²) in [5.74, 6) is -1.82. The molecule has 0 spiro atoms. The zero-order valence-electron chi connectivity index (χ0n) is 13.5. The Labute approximate surface area is 151 Å². The number of aromatic nitrogens is 2. The summed E-state index contributed by atoms with van der Waals surface area (Å²) < 4.78 is 26.4. The normalized spacial score (nSPS) is 13.7. The van der Waals surface area contributed by atoms with Crippen LogP contribution in [0.1, 0.15) is 27.1 Å². The van der Waals surface area contributed by atoms with Gasteiger partial charge in [-0.3, -0.25) is 14.5 Å². The summed E-state index contributed by atoms with van der Waals surface area (Å²) >= 11 is 1.37. The van der Waals surface area contributed by atoms with Crippen LogP contribution in [0.3, 0.4) is 0 Å². The SMILES string of the molecule is O=C1c2ccccc2C(=O)N1CCCSc1nc2cc(F)c(F)cc2[nH]1. The highest BCUT2D eigenvalue weighted by atomic mass is 32.2. The van der Waals surface area contributed by atoms with E-state index in [-0.39, 0.29) is 11.8 Å². The molecule has 0 aliphatic carbocycles. The lowest BCUT2D eigenvalue weighted by Crippen LogP contribution is -2.30. The first-order valence-electron chi connectivity index (χ1n) is 7.97. The van der Waals surface area contributed by atoms with Crippen molar-refractivity contribution < 1.29 is 18.4 Å². The number of aromatic amines is 1. The van der Waals surface area contributed by atoms with E-state index in [2.05, 4.69) is 9.97 Å². The molecule has 0 saturated carbocycles. The van der Waals surface area contributed by atoms with Crippen molar-refractivity contribution in [3.05, 3.63) is 59.2 Å². The molecule has 1 aliphatic heterocycles. The fourth-order valence-corrected chi connectivity index (χ4v) is 3.70. The predicted octanol–water partition coefficient (Wildman–Crippen LogP) is 3.62. The van der Waals surface area contributed by atoms with E-state index in [4.69, 9.17) is 0 Å². The van der Waals surface area contributed by atoms with Gasteiger partial charge >= 0.3 is 0 Å². The smallest absolute Gasteiger partial charge is 0.261 e. The van der Waals surface area contributed by atoms with Gasteiger partial charge in [0.2, 0.25) is 0 Å². The molecule has 2 aromatic carbocycles. The van der Waals surface area contributed by atoms with Gasteiger partial charge in [0.05, 0.1) is 22.2 Å². The van der Waals surface area contributed by atoms with E-state index in [0.717, 1.165) is 12.1 Å². The Bertz CT molecular complexity index is 960. The molecule has 0 atom stereocenters. The Hall–Kier alpha value is -2.74. The van der Waals surface area contributed by atoms with E-state index in [9.17, 15) is 18.4 Å². The monoisotopic (exact) mass is 373 g/mol. The standard InChI is InChI=1S/C18H13F2N3O2S/c19-12-8-14-15(9-13(12)20)22-18(21-14)26-7-3-6-23-16(24)10-4-1-2-5-11(10)17(23)25/h1-2,4-5,8-9H,3,6-7H2,(H,21,22). The van der Waals surface area contributed by atoms with Crippen LogP contribution in [0, 0.1) is 11.6 Å². The Morgan fingerprint density at radius 1 is 1.04 bits per heavy atom. The molecule has 3 aromatic rings. The van der Waals surface area contributed by atoms with E-state index >= 15 is 0 Å². The van der Waals surface area contributed by atoms with E-state index in [0.29, 0.717) is 46.0 Å². The number of thioether (sulfide) groups is 1. The molecule has 26 heavy (non-hydrogen) atoms. The number of halogens is 2. The van der Waals surface area contributed by atoms with Crippen LogP contribution in [0.25, 0.3) is 11.0 Å². The number of hydrogen-bond acceptors (Lipinski definition) is 4. The van der Waals surface area contributed by atoms with Gasteiger partial charge < -0.3 is 4.98 Å². The highest BCUT2D eigenvalue weighted by Gasteiger charge is 2.34. The molecule has 0 bridgehead atoms. The molecular weight excluding hydrogens is 360 g/mol. The Balaban J connectivity index is 1.36. The number of fused-ring (bicyclic) bond motifs is 2. The van der Waals surface area contributed by atoms with Gasteiger partial charge in [-0.15, -0.1) is 0 Å². The van der Waals surface area contributed by atoms with Crippen LogP contribution >= 0.6 is 11.8 Å². The van der Waals surface area contributed by atoms with Crippen molar-refractivity contribution in [1.29, 1.82) is 0 Å². The van der Waals surface area contributed by atoms with Crippen molar-refractivity contribution in [2.45, 2.75) is 11.6 Å². The van der Waals surface area contributed by atoms with Gasteiger partial charge in [0.15, 0.2) is 16.8 Å². The Morgan fingerprint density at radius 2 is 1.69 bits per heavy atom. The second-order valence-electron chi connectivity index (χ2n) is 5.83. The van der Waals surface area contributed by atoms with Gasteiger partial charge in [0.1, 0.15) is 0 Å². The molecular formula is C18H13F2N3O2S. The van der Waals surface area contributed by atoms with Gasteiger partial charge in [-0.1, -0.05) is 23.9 Å². The summed E-state index contributed by atoms with van der Waals surface area (Å²) in [5, 5.41) is 0.535. The average molecular weight is 373 g/mol. The molecule has 0 fully saturated rings. The minimum absolute atomic E-state index is 0.273. The first-order chi connectivity index (χ1) is 12.5. The van der Waals surface area contributed by atoms with Gasteiger partial charge in [-0.2, -0.15) is 0 Å². The topological polar surface area (TPSA) is 66.1 Å². The molecule has 1 aliphatic rings. The quantitative estimate of drug-likeness (QED) is 0.421. The molecule has 0 saturated heterocycles. The van der Waals surface area contributed by atoms with Crippen molar-refractivity contribution in [1.82, 2.24) is 14.9 Å². The van der Waals surface area contributed by atoms with Crippen LogP contribution in [0.2, 0.25) is 0 Å². The number of carbonyl (C=O) groups excluding carboxylic acids is 2. The van der Waals surface area contributed by atoms with Crippen LogP contribution < -0.4 is 0 Å². The Kier molecular flexibility index (Phi) is 4.20. The molecule has 5 nitrogen and oxygen atoms in total. The van der Waals surface area contributed by atoms with Gasteiger partial charge in [-0.25, -0.2) is 13.8 Å². The number of imide groups is 1. The number of carbonyl (C=O) groups is 2. The molecule has 8 heteroatoms. The third kappa shape index (κ3) is 2.86. The van der Waals surface area contributed by atoms with E-state index in [1.165, 1.54) is 16.7 Å². The fourth-order valence-electron chi connectivity index (χ4n) is 2.88. The van der Waals surface area contributed by atoms with Crippen molar-refractivity contribution in [3.8, 4) is 0 Å². The summed E-state index contributed by atoms with van der Waals surface area (Å²) in [4.78, 5) is 32.9. The van der Waals surface area contributed by atoms with E-state index in [1.54, 1.807) is 24.3 Å². The van der Waals surface area contributed by atoms with E-state index < -0.39 is 11.6 Å². The largest absolute Gasteiger partial charge is 0.333 e. The molecule has 2 heterocycles. The number of H-pyrrole nitrogens is 1. The molecule has 0 unspecified atom stereocenters. The molecule has 4 rings (SSSR count). The van der Waals surface area contributed by atoms with Gasteiger partial charge in [0, 0.05) is 24.4 Å². The summed E-state index contributed by atoms with van der Waals surface area (Å²) in [5.41, 5.74) is 1.65. The first kappa shape index (κ1) is 16.7. The van der Waals surface area contributed by atoms with Crippen molar-refractivity contribution in [2.75, 3.05) is 12.3 Å². The van der Waals surface area contributed by atoms with Crippen LogP contribution in [-0.4, -0.2) is 39.0 Å². The van der Waals surface area contributed by atoms with Crippen molar-refractivity contribution >= 4 is 34.6 Å². The zero-order chi connectivity index (χ0) is 18.3.